The Morgan fingerprint density at radius 3 is 2.00 bits per heavy atom. The topological polar surface area (TPSA) is 46.7 Å². The average molecular weight is 188 g/mol. The van der Waals surface area contributed by atoms with Gasteiger partial charge in [0, 0.05) is 23.0 Å². The number of ketones is 2. The molecule has 0 aromatic heterocycles. The van der Waals surface area contributed by atoms with E-state index in [2.05, 4.69) is 0 Å². The van der Waals surface area contributed by atoms with Gasteiger partial charge in [0.05, 0.1) is 12.2 Å². The van der Waals surface area contributed by atoms with Crippen LogP contribution in [-0.2, 0) is 14.3 Å². The standard InChI is InChI=1S/C11H8O3/c12-6-1-2-7(13)9-5-3-4(8(6)9)10-11(5)14-10/h1-2,4-5,10-11H,3H2/t4-,5+,10-,11+. The molecule has 0 aromatic rings. The first kappa shape index (κ1) is 7.12. The van der Waals surface area contributed by atoms with Crippen molar-refractivity contribution in [2.24, 2.45) is 11.8 Å². The zero-order valence-corrected chi connectivity index (χ0v) is 7.40. The van der Waals surface area contributed by atoms with Crippen molar-refractivity contribution < 1.29 is 14.3 Å². The molecule has 0 radical (unpaired) electrons. The SMILES string of the molecule is O=C1C=CC(=O)C2=C1[C@H]1C[C@@H]2[C@@H]2O[C@@H]21. The van der Waals surface area contributed by atoms with Crippen molar-refractivity contribution in [2.75, 3.05) is 0 Å². The first-order valence-electron chi connectivity index (χ1n) is 4.93. The molecule has 14 heavy (non-hydrogen) atoms. The maximum absolute atomic E-state index is 11.6. The van der Waals surface area contributed by atoms with E-state index in [0.29, 0.717) is 0 Å². The molecule has 1 saturated carbocycles. The number of hydrogen-bond donors (Lipinski definition) is 0. The van der Waals surface area contributed by atoms with Crippen LogP contribution in [0.1, 0.15) is 6.42 Å². The first-order chi connectivity index (χ1) is 6.77. The number of carbonyl (C=O) groups is 2. The van der Waals surface area contributed by atoms with Crippen molar-refractivity contribution in [3.63, 3.8) is 0 Å². The van der Waals surface area contributed by atoms with Crippen LogP contribution in [0.25, 0.3) is 0 Å². The summed E-state index contributed by atoms with van der Waals surface area (Å²) in [7, 11) is 0. The largest absolute Gasteiger partial charge is 0.368 e. The van der Waals surface area contributed by atoms with Gasteiger partial charge in [0.15, 0.2) is 11.6 Å². The summed E-state index contributed by atoms with van der Waals surface area (Å²) in [6, 6.07) is 0. The molecule has 0 aromatic carbocycles. The number of fused-ring (bicyclic) bond motifs is 7. The molecule has 3 aliphatic carbocycles. The van der Waals surface area contributed by atoms with Gasteiger partial charge < -0.3 is 4.74 Å². The Balaban J connectivity index is 1.94. The Bertz CT molecular complexity index is 405. The van der Waals surface area contributed by atoms with Gasteiger partial charge in [-0.2, -0.15) is 0 Å². The molecular formula is C11H8O3. The van der Waals surface area contributed by atoms with E-state index < -0.39 is 0 Å². The number of rotatable bonds is 0. The molecule has 4 atom stereocenters. The molecule has 3 heteroatoms. The third-order valence-electron chi connectivity index (χ3n) is 3.81. The number of hydrogen-bond acceptors (Lipinski definition) is 3. The van der Waals surface area contributed by atoms with Crippen LogP contribution in [0, 0.1) is 11.8 Å². The van der Waals surface area contributed by atoms with Gasteiger partial charge in [-0.05, 0) is 18.6 Å². The molecule has 2 fully saturated rings. The van der Waals surface area contributed by atoms with Gasteiger partial charge in [0.1, 0.15) is 0 Å². The van der Waals surface area contributed by atoms with Gasteiger partial charge in [-0.1, -0.05) is 0 Å². The van der Waals surface area contributed by atoms with Crippen LogP contribution in [0.15, 0.2) is 23.3 Å². The zero-order chi connectivity index (χ0) is 9.45. The Hall–Kier alpha value is -1.22. The van der Waals surface area contributed by atoms with Crippen molar-refractivity contribution >= 4 is 11.6 Å². The lowest BCUT2D eigenvalue weighted by molar-refractivity contribution is -0.115. The van der Waals surface area contributed by atoms with Crippen LogP contribution in [0.4, 0.5) is 0 Å². The molecular weight excluding hydrogens is 180 g/mol. The van der Waals surface area contributed by atoms with Gasteiger partial charge in [0.2, 0.25) is 0 Å². The molecule has 3 nitrogen and oxygen atoms in total. The van der Waals surface area contributed by atoms with Crippen molar-refractivity contribution in [3.05, 3.63) is 23.3 Å². The summed E-state index contributed by atoms with van der Waals surface area (Å²) < 4.78 is 5.45. The molecule has 4 rings (SSSR count). The normalized spacial score (nSPS) is 47.1. The molecule has 0 amide bonds. The monoisotopic (exact) mass is 188 g/mol. The third-order valence-corrected chi connectivity index (χ3v) is 3.81. The lowest BCUT2D eigenvalue weighted by Crippen LogP contribution is -2.23. The molecule has 1 aliphatic heterocycles. The Labute approximate surface area is 80.4 Å². The summed E-state index contributed by atoms with van der Waals surface area (Å²) >= 11 is 0. The van der Waals surface area contributed by atoms with Gasteiger partial charge in [-0.25, -0.2) is 0 Å². The molecule has 4 aliphatic rings. The maximum atomic E-state index is 11.6. The van der Waals surface area contributed by atoms with E-state index in [0.717, 1.165) is 17.6 Å². The fraction of sp³-hybridized carbons (Fsp3) is 0.455. The summed E-state index contributed by atoms with van der Waals surface area (Å²) in [6.45, 7) is 0. The van der Waals surface area contributed by atoms with E-state index in [4.69, 9.17) is 4.74 Å². The molecule has 0 spiro atoms. The van der Waals surface area contributed by atoms with Crippen molar-refractivity contribution in [1.29, 1.82) is 0 Å². The van der Waals surface area contributed by atoms with Gasteiger partial charge >= 0.3 is 0 Å². The van der Waals surface area contributed by atoms with Crippen LogP contribution in [0.2, 0.25) is 0 Å². The minimum atomic E-state index is 0.0288. The van der Waals surface area contributed by atoms with Gasteiger partial charge in [0.25, 0.3) is 0 Å². The average Bonchev–Trinajstić information content (AvgIpc) is 2.79. The predicted octanol–water partition coefficient (Wildman–Crippen LogP) is 0.408. The van der Waals surface area contributed by atoms with E-state index >= 15 is 0 Å². The van der Waals surface area contributed by atoms with Crippen molar-refractivity contribution in [2.45, 2.75) is 18.6 Å². The number of epoxide rings is 1. The Kier molecular flexibility index (Phi) is 0.971. The molecule has 0 N–H and O–H groups in total. The van der Waals surface area contributed by atoms with Crippen LogP contribution in [0.5, 0.6) is 0 Å². The maximum Gasteiger partial charge on any atom is 0.182 e. The minimum absolute atomic E-state index is 0.0288. The van der Waals surface area contributed by atoms with Crippen LogP contribution >= 0.6 is 0 Å². The van der Waals surface area contributed by atoms with E-state index in [1.807, 2.05) is 0 Å². The highest BCUT2D eigenvalue weighted by Crippen LogP contribution is 2.59. The van der Waals surface area contributed by atoms with Crippen LogP contribution < -0.4 is 0 Å². The number of carbonyl (C=O) groups excluding carboxylic acids is 2. The van der Waals surface area contributed by atoms with Crippen LogP contribution in [-0.4, -0.2) is 23.8 Å². The highest BCUT2D eigenvalue weighted by molar-refractivity contribution is 6.21. The second kappa shape index (κ2) is 1.91. The Morgan fingerprint density at radius 1 is 1.00 bits per heavy atom. The fourth-order valence-corrected chi connectivity index (χ4v) is 3.25. The van der Waals surface area contributed by atoms with E-state index in [9.17, 15) is 9.59 Å². The Morgan fingerprint density at radius 2 is 1.50 bits per heavy atom. The lowest BCUT2D eigenvalue weighted by Gasteiger charge is -2.15. The van der Waals surface area contributed by atoms with Crippen LogP contribution in [0.3, 0.4) is 0 Å². The molecule has 2 bridgehead atoms. The smallest absolute Gasteiger partial charge is 0.182 e. The van der Waals surface area contributed by atoms with Gasteiger partial charge in [-0.15, -0.1) is 0 Å². The van der Waals surface area contributed by atoms with Crippen molar-refractivity contribution in [1.82, 2.24) is 0 Å². The lowest BCUT2D eigenvalue weighted by atomic mass is 9.84. The summed E-state index contributed by atoms with van der Waals surface area (Å²) in [5.41, 5.74) is 1.53. The summed E-state index contributed by atoms with van der Waals surface area (Å²) in [5, 5.41) is 0. The van der Waals surface area contributed by atoms with E-state index in [1.165, 1.54) is 12.2 Å². The summed E-state index contributed by atoms with van der Waals surface area (Å²) in [4.78, 5) is 23.2. The predicted molar refractivity (Wildman–Crippen MR) is 46.4 cm³/mol. The first-order valence-corrected chi connectivity index (χ1v) is 4.93. The summed E-state index contributed by atoms with van der Waals surface area (Å²) in [5.74, 6) is 0.505. The molecule has 70 valence electrons. The van der Waals surface area contributed by atoms with Gasteiger partial charge in [-0.3, -0.25) is 9.59 Å². The summed E-state index contributed by atoms with van der Waals surface area (Å²) in [6.07, 6.45) is 4.27. The van der Waals surface area contributed by atoms with E-state index in [1.54, 1.807) is 0 Å². The molecule has 1 saturated heterocycles. The molecule has 1 heterocycles. The number of ether oxygens (including phenoxy) is 1. The zero-order valence-electron chi connectivity index (χ0n) is 7.40. The highest BCUT2D eigenvalue weighted by atomic mass is 16.6. The second-order valence-corrected chi connectivity index (χ2v) is 4.40. The minimum Gasteiger partial charge on any atom is -0.368 e. The van der Waals surface area contributed by atoms with Crippen molar-refractivity contribution in [3.8, 4) is 0 Å². The third kappa shape index (κ3) is 0.591. The second-order valence-electron chi connectivity index (χ2n) is 4.40. The molecule has 0 unspecified atom stereocenters. The van der Waals surface area contributed by atoms with E-state index in [-0.39, 0.29) is 35.6 Å². The number of allylic oxidation sites excluding steroid dienone is 2. The fourth-order valence-electron chi connectivity index (χ4n) is 3.25. The quantitative estimate of drug-likeness (QED) is 0.408. The highest BCUT2D eigenvalue weighted by Gasteiger charge is 2.65.